The van der Waals surface area contributed by atoms with E-state index in [2.05, 4.69) is 16.0 Å². The van der Waals surface area contributed by atoms with Crippen molar-refractivity contribution in [3.8, 4) is 0 Å². The smallest absolute Gasteiger partial charge is 0.407 e. The number of alkyl carbamates (subject to hydrolysis) is 1. The molecule has 1 amide bonds. The largest absolute Gasteiger partial charge is 0.478 e. The zero-order valence-electron chi connectivity index (χ0n) is 13.3. The number of amides is 1. The first-order valence-corrected chi connectivity index (χ1v) is 7.43. The quantitative estimate of drug-likeness (QED) is 0.482. The second kappa shape index (κ2) is 8.33. The third-order valence-corrected chi connectivity index (χ3v) is 2.71. The van der Waals surface area contributed by atoms with Crippen LogP contribution in [0.25, 0.3) is 0 Å². The molecule has 8 heteroatoms. The van der Waals surface area contributed by atoms with Crippen LogP contribution >= 0.6 is 12.2 Å². The number of carboxylic acid groups (broad SMARTS) is 1. The standard InChI is InChI=1S/C15H21N3O4S/c1-15(2,3)22-14(21)17-9-8-16-13(23)18-11-6-4-10(5-7-11)12(19)20/h4-7H,8-9H2,1-3H3,(H,17,21)(H,19,20)(H2,16,18,23). The molecule has 1 aromatic carbocycles. The number of carbonyl (C=O) groups is 2. The molecule has 0 saturated carbocycles. The SMILES string of the molecule is CC(C)(C)OC(=O)NCCNC(=S)Nc1ccc(C(=O)O)cc1. The summed E-state index contributed by atoms with van der Waals surface area (Å²) in [5.41, 5.74) is 0.347. The van der Waals surface area contributed by atoms with Gasteiger partial charge in [-0.3, -0.25) is 0 Å². The van der Waals surface area contributed by atoms with E-state index in [-0.39, 0.29) is 5.56 Å². The van der Waals surface area contributed by atoms with Crippen LogP contribution in [0.2, 0.25) is 0 Å². The van der Waals surface area contributed by atoms with E-state index in [1.54, 1.807) is 32.9 Å². The highest BCUT2D eigenvalue weighted by atomic mass is 32.1. The van der Waals surface area contributed by atoms with Crippen LogP contribution in [0, 0.1) is 0 Å². The Bertz CT molecular complexity index is 567. The van der Waals surface area contributed by atoms with Crippen molar-refractivity contribution in [2.75, 3.05) is 18.4 Å². The molecule has 0 bridgehead atoms. The lowest BCUT2D eigenvalue weighted by molar-refractivity contribution is 0.0528. The van der Waals surface area contributed by atoms with Gasteiger partial charge in [0, 0.05) is 18.8 Å². The third-order valence-electron chi connectivity index (χ3n) is 2.47. The summed E-state index contributed by atoms with van der Waals surface area (Å²) in [7, 11) is 0. The van der Waals surface area contributed by atoms with E-state index >= 15 is 0 Å². The molecular weight excluding hydrogens is 318 g/mol. The van der Waals surface area contributed by atoms with Crippen molar-refractivity contribution >= 4 is 35.1 Å². The molecule has 0 aliphatic rings. The summed E-state index contributed by atoms with van der Waals surface area (Å²) >= 11 is 5.10. The predicted molar refractivity (Wildman–Crippen MR) is 91.9 cm³/mol. The number of carboxylic acids is 1. The number of rotatable bonds is 5. The van der Waals surface area contributed by atoms with E-state index < -0.39 is 17.7 Å². The van der Waals surface area contributed by atoms with Gasteiger partial charge in [-0.05, 0) is 57.3 Å². The lowest BCUT2D eigenvalue weighted by Crippen LogP contribution is -2.39. The Kier molecular flexibility index (Phi) is 6.77. The minimum atomic E-state index is -0.981. The van der Waals surface area contributed by atoms with Gasteiger partial charge in [0.25, 0.3) is 0 Å². The molecule has 4 N–H and O–H groups in total. The first-order valence-electron chi connectivity index (χ1n) is 7.02. The van der Waals surface area contributed by atoms with Crippen LogP contribution < -0.4 is 16.0 Å². The van der Waals surface area contributed by atoms with Crippen molar-refractivity contribution in [1.82, 2.24) is 10.6 Å². The van der Waals surface area contributed by atoms with Crippen LogP contribution in [0.1, 0.15) is 31.1 Å². The molecule has 0 unspecified atom stereocenters. The number of nitrogens with one attached hydrogen (secondary N) is 3. The highest BCUT2D eigenvalue weighted by Gasteiger charge is 2.15. The summed E-state index contributed by atoms with van der Waals surface area (Å²) in [6.45, 7) is 6.16. The maximum absolute atomic E-state index is 11.4. The monoisotopic (exact) mass is 339 g/mol. The third kappa shape index (κ3) is 8.01. The van der Waals surface area contributed by atoms with E-state index in [9.17, 15) is 9.59 Å². The number of carbonyl (C=O) groups excluding carboxylic acids is 1. The molecule has 0 atom stereocenters. The Morgan fingerprint density at radius 2 is 1.70 bits per heavy atom. The highest BCUT2D eigenvalue weighted by molar-refractivity contribution is 7.80. The number of hydrogen-bond acceptors (Lipinski definition) is 4. The number of thiocarbonyl (C=S) groups is 1. The van der Waals surface area contributed by atoms with Crippen LogP contribution in [0.4, 0.5) is 10.5 Å². The molecule has 0 radical (unpaired) electrons. The normalized spacial score (nSPS) is 10.6. The van der Waals surface area contributed by atoms with Gasteiger partial charge in [-0.2, -0.15) is 0 Å². The number of aromatic carboxylic acids is 1. The van der Waals surface area contributed by atoms with Gasteiger partial charge in [0.1, 0.15) is 5.60 Å². The Balaban J connectivity index is 2.27. The molecule has 0 fully saturated rings. The lowest BCUT2D eigenvalue weighted by Gasteiger charge is -2.19. The van der Waals surface area contributed by atoms with Gasteiger partial charge in [0.05, 0.1) is 5.56 Å². The summed E-state index contributed by atoms with van der Waals surface area (Å²) in [4.78, 5) is 22.2. The summed E-state index contributed by atoms with van der Waals surface area (Å²) < 4.78 is 5.10. The zero-order chi connectivity index (χ0) is 17.5. The lowest BCUT2D eigenvalue weighted by atomic mass is 10.2. The molecule has 0 aliphatic carbocycles. The van der Waals surface area contributed by atoms with Crippen molar-refractivity contribution in [2.24, 2.45) is 0 Å². The van der Waals surface area contributed by atoms with Crippen LogP contribution in [0.5, 0.6) is 0 Å². The van der Waals surface area contributed by atoms with Gasteiger partial charge >= 0.3 is 12.1 Å². The maximum atomic E-state index is 11.4. The Morgan fingerprint density at radius 1 is 1.13 bits per heavy atom. The van der Waals surface area contributed by atoms with Crippen molar-refractivity contribution in [3.05, 3.63) is 29.8 Å². The van der Waals surface area contributed by atoms with Crippen molar-refractivity contribution in [3.63, 3.8) is 0 Å². The number of anilines is 1. The molecule has 0 saturated heterocycles. The summed E-state index contributed by atoms with van der Waals surface area (Å²) in [6.07, 6.45) is -0.484. The fraction of sp³-hybridized carbons (Fsp3) is 0.400. The van der Waals surface area contributed by atoms with E-state index in [0.29, 0.717) is 23.9 Å². The van der Waals surface area contributed by atoms with Crippen molar-refractivity contribution in [1.29, 1.82) is 0 Å². The van der Waals surface area contributed by atoms with E-state index in [1.165, 1.54) is 12.1 Å². The highest BCUT2D eigenvalue weighted by Crippen LogP contribution is 2.09. The van der Waals surface area contributed by atoms with Gasteiger partial charge < -0.3 is 25.8 Å². The fourth-order valence-corrected chi connectivity index (χ4v) is 1.75. The second-order valence-electron chi connectivity index (χ2n) is 5.69. The average molecular weight is 339 g/mol. The average Bonchev–Trinajstić information content (AvgIpc) is 2.42. The van der Waals surface area contributed by atoms with Gasteiger partial charge in [0.15, 0.2) is 5.11 Å². The van der Waals surface area contributed by atoms with Gasteiger partial charge in [-0.15, -0.1) is 0 Å². The van der Waals surface area contributed by atoms with Gasteiger partial charge in [-0.25, -0.2) is 9.59 Å². The van der Waals surface area contributed by atoms with Crippen LogP contribution in [-0.2, 0) is 4.74 Å². The molecule has 0 heterocycles. The Labute approximate surface area is 140 Å². The number of ether oxygens (including phenoxy) is 1. The molecule has 0 aromatic heterocycles. The topological polar surface area (TPSA) is 99.7 Å². The Hall–Kier alpha value is -2.35. The fourth-order valence-electron chi connectivity index (χ4n) is 1.53. The zero-order valence-corrected chi connectivity index (χ0v) is 14.1. The first-order chi connectivity index (χ1) is 10.7. The minimum Gasteiger partial charge on any atom is -0.478 e. The molecule has 1 aromatic rings. The maximum Gasteiger partial charge on any atom is 0.407 e. The van der Waals surface area contributed by atoms with E-state index in [1.807, 2.05) is 0 Å². The summed E-state index contributed by atoms with van der Waals surface area (Å²) in [6, 6.07) is 6.21. The minimum absolute atomic E-state index is 0.205. The summed E-state index contributed by atoms with van der Waals surface area (Å²) in [5.74, 6) is -0.981. The molecule has 0 aliphatic heterocycles. The molecule has 23 heavy (non-hydrogen) atoms. The number of hydrogen-bond donors (Lipinski definition) is 4. The molecule has 1 rings (SSSR count). The molecular formula is C15H21N3O4S. The van der Waals surface area contributed by atoms with E-state index in [4.69, 9.17) is 22.1 Å². The Morgan fingerprint density at radius 3 is 2.22 bits per heavy atom. The van der Waals surface area contributed by atoms with Crippen molar-refractivity contribution < 1.29 is 19.4 Å². The molecule has 7 nitrogen and oxygen atoms in total. The molecule has 0 spiro atoms. The molecule has 126 valence electrons. The second-order valence-corrected chi connectivity index (χ2v) is 6.10. The van der Waals surface area contributed by atoms with Crippen molar-refractivity contribution in [2.45, 2.75) is 26.4 Å². The van der Waals surface area contributed by atoms with Gasteiger partial charge in [-0.1, -0.05) is 0 Å². The van der Waals surface area contributed by atoms with Crippen LogP contribution in [-0.4, -0.2) is 41.0 Å². The van der Waals surface area contributed by atoms with Crippen LogP contribution in [0.15, 0.2) is 24.3 Å². The van der Waals surface area contributed by atoms with E-state index in [0.717, 1.165) is 0 Å². The number of benzene rings is 1. The first kappa shape index (κ1) is 18.7. The predicted octanol–water partition coefficient (Wildman–Crippen LogP) is 2.20. The summed E-state index contributed by atoms with van der Waals surface area (Å²) in [5, 5.41) is 17.6. The van der Waals surface area contributed by atoms with Gasteiger partial charge in [0.2, 0.25) is 0 Å². The van der Waals surface area contributed by atoms with Crippen LogP contribution in [0.3, 0.4) is 0 Å².